The van der Waals surface area contributed by atoms with Gasteiger partial charge in [-0.3, -0.25) is 4.79 Å². The van der Waals surface area contributed by atoms with Gasteiger partial charge in [0.2, 0.25) is 0 Å². The van der Waals surface area contributed by atoms with Crippen molar-refractivity contribution in [1.29, 1.82) is 0 Å². The fourth-order valence-electron chi connectivity index (χ4n) is 1.36. The van der Waals surface area contributed by atoms with Gasteiger partial charge in [-0.05, 0) is 19.4 Å². The second-order valence-electron chi connectivity index (χ2n) is 3.93. The van der Waals surface area contributed by atoms with Gasteiger partial charge < -0.3 is 4.90 Å². The highest BCUT2D eigenvalue weighted by Crippen LogP contribution is 2.16. The second-order valence-corrected chi connectivity index (χ2v) is 3.93. The molecule has 0 unspecified atom stereocenters. The van der Waals surface area contributed by atoms with Gasteiger partial charge >= 0.3 is 0 Å². The van der Waals surface area contributed by atoms with E-state index in [-0.39, 0.29) is 5.78 Å². The molecule has 0 aliphatic carbocycles. The van der Waals surface area contributed by atoms with E-state index in [1.165, 1.54) is 5.56 Å². The number of nitrogens with zero attached hydrogens (tertiary/aromatic N) is 1. The predicted molar refractivity (Wildman–Crippen MR) is 63.5 cm³/mol. The maximum Gasteiger partial charge on any atom is 0.161 e. The van der Waals surface area contributed by atoms with E-state index in [9.17, 15) is 4.79 Å². The van der Waals surface area contributed by atoms with Crippen LogP contribution in [0.2, 0.25) is 0 Å². The van der Waals surface area contributed by atoms with Gasteiger partial charge in [0, 0.05) is 25.9 Å². The molecule has 0 aromatic heterocycles. The molecular formula is C13H17NO. The highest BCUT2D eigenvalue weighted by molar-refractivity contribution is 6.19. The van der Waals surface area contributed by atoms with Crippen LogP contribution in [0, 0.1) is 6.92 Å². The molecule has 1 aromatic rings. The van der Waals surface area contributed by atoms with Crippen LogP contribution in [0.15, 0.2) is 30.5 Å². The molecule has 0 atom stereocenters. The summed E-state index contributed by atoms with van der Waals surface area (Å²) in [5, 5.41) is 0. The largest absolute Gasteiger partial charge is 0.383 e. The Kier molecular flexibility index (Phi) is 3.67. The number of hydrogen-bond donors (Lipinski definition) is 0. The van der Waals surface area contributed by atoms with Gasteiger partial charge in [0.05, 0.1) is 0 Å². The normalized spacial score (nSPS) is 11.3. The molecular weight excluding hydrogens is 186 g/mol. The molecule has 1 aromatic carbocycles. The van der Waals surface area contributed by atoms with Crippen molar-refractivity contribution in [2.45, 2.75) is 13.8 Å². The monoisotopic (exact) mass is 203 g/mol. The Bertz CT molecular complexity index is 374. The van der Waals surface area contributed by atoms with Crippen molar-refractivity contribution in [1.82, 2.24) is 4.90 Å². The number of carbonyl (C=O) groups is 1. The average molecular weight is 203 g/mol. The van der Waals surface area contributed by atoms with Gasteiger partial charge in [-0.1, -0.05) is 29.8 Å². The maximum atomic E-state index is 11.5. The molecule has 2 heteroatoms. The van der Waals surface area contributed by atoms with Crippen LogP contribution in [0.5, 0.6) is 0 Å². The Morgan fingerprint density at radius 2 is 1.73 bits per heavy atom. The fourth-order valence-corrected chi connectivity index (χ4v) is 1.36. The molecule has 1 rings (SSSR count). The Morgan fingerprint density at radius 3 is 2.13 bits per heavy atom. The summed E-state index contributed by atoms with van der Waals surface area (Å²) in [7, 11) is 3.83. The third-order valence-electron chi connectivity index (χ3n) is 2.13. The van der Waals surface area contributed by atoms with Gasteiger partial charge in [0.15, 0.2) is 5.78 Å². The van der Waals surface area contributed by atoms with E-state index in [4.69, 9.17) is 0 Å². The number of aryl methyl sites for hydroxylation is 1. The number of rotatable bonds is 3. The zero-order valence-corrected chi connectivity index (χ0v) is 9.74. The van der Waals surface area contributed by atoms with Crippen LogP contribution in [0.1, 0.15) is 18.1 Å². The first kappa shape index (κ1) is 11.5. The first-order valence-electron chi connectivity index (χ1n) is 4.97. The van der Waals surface area contributed by atoms with Crippen LogP contribution in [0.3, 0.4) is 0 Å². The minimum Gasteiger partial charge on any atom is -0.383 e. The Labute approximate surface area is 91.2 Å². The van der Waals surface area contributed by atoms with Crippen molar-refractivity contribution in [2.75, 3.05) is 14.1 Å². The Morgan fingerprint density at radius 1 is 1.20 bits per heavy atom. The number of allylic oxidation sites excluding steroid dienone is 1. The van der Waals surface area contributed by atoms with Crippen LogP contribution in [-0.4, -0.2) is 24.8 Å². The third kappa shape index (κ3) is 3.24. The average Bonchev–Trinajstić information content (AvgIpc) is 2.15. The summed E-state index contributed by atoms with van der Waals surface area (Å²) < 4.78 is 0. The van der Waals surface area contributed by atoms with E-state index in [1.807, 2.05) is 56.4 Å². The first-order valence-corrected chi connectivity index (χ1v) is 4.97. The third-order valence-corrected chi connectivity index (χ3v) is 2.13. The summed E-state index contributed by atoms with van der Waals surface area (Å²) in [5.74, 6) is 0.0903. The van der Waals surface area contributed by atoms with Gasteiger partial charge in [0.1, 0.15) is 0 Å². The second kappa shape index (κ2) is 4.78. The predicted octanol–water partition coefficient (Wildman–Crippen LogP) is 2.49. The summed E-state index contributed by atoms with van der Waals surface area (Å²) in [6.07, 6.45) is 1.85. The van der Waals surface area contributed by atoms with Gasteiger partial charge in [-0.25, -0.2) is 0 Å². The number of hydrogen-bond acceptors (Lipinski definition) is 2. The van der Waals surface area contributed by atoms with Crippen LogP contribution < -0.4 is 0 Å². The maximum absolute atomic E-state index is 11.5. The van der Waals surface area contributed by atoms with Gasteiger partial charge in [-0.2, -0.15) is 0 Å². The minimum atomic E-state index is 0.0903. The van der Waals surface area contributed by atoms with Crippen molar-refractivity contribution in [3.05, 3.63) is 41.6 Å². The Balaban J connectivity index is 3.11. The van der Waals surface area contributed by atoms with E-state index >= 15 is 0 Å². The molecule has 0 fully saturated rings. The molecule has 80 valence electrons. The van der Waals surface area contributed by atoms with E-state index < -0.39 is 0 Å². The van der Waals surface area contributed by atoms with Crippen LogP contribution in [-0.2, 0) is 4.79 Å². The van der Waals surface area contributed by atoms with Crippen molar-refractivity contribution in [3.8, 4) is 0 Å². The number of carbonyl (C=O) groups excluding carboxylic acids is 1. The number of benzene rings is 1. The SMILES string of the molecule is CC(=O)C(=CN(C)C)c1ccc(C)cc1. The minimum absolute atomic E-state index is 0.0903. The zero-order chi connectivity index (χ0) is 11.4. The Hall–Kier alpha value is -1.57. The summed E-state index contributed by atoms with van der Waals surface area (Å²) in [6.45, 7) is 3.63. The molecule has 0 amide bonds. The van der Waals surface area contributed by atoms with E-state index in [1.54, 1.807) is 6.92 Å². The summed E-state index contributed by atoms with van der Waals surface area (Å²) >= 11 is 0. The summed E-state index contributed by atoms with van der Waals surface area (Å²) in [5.41, 5.74) is 2.92. The molecule has 0 bridgehead atoms. The van der Waals surface area contributed by atoms with E-state index in [2.05, 4.69) is 0 Å². The van der Waals surface area contributed by atoms with Gasteiger partial charge in [-0.15, -0.1) is 0 Å². The lowest BCUT2D eigenvalue weighted by atomic mass is 10.0. The lowest BCUT2D eigenvalue weighted by molar-refractivity contribution is -0.111. The summed E-state index contributed by atoms with van der Waals surface area (Å²) in [6, 6.07) is 7.99. The summed E-state index contributed by atoms with van der Waals surface area (Å²) in [4.78, 5) is 13.4. The van der Waals surface area contributed by atoms with Crippen LogP contribution in [0.25, 0.3) is 5.57 Å². The molecule has 2 nitrogen and oxygen atoms in total. The molecule has 0 aliphatic heterocycles. The fraction of sp³-hybridized carbons (Fsp3) is 0.308. The van der Waals surface area contributed by atoms with E-state index in [0.717, 1.165) is 11.1 Å². The molecule has 0 saturated carbocycles. The van der Waals surface area contributed by atoms with Gasteiger partial charge in [0.25, 0.3) is 0 Å². The lowest BCUT2D eigenvalue weighted by Crippen LogP contribution is -2.06. The van der Waals surface area contributed by atoms with Crippen molar-refractivity contribution >= 4 is 11.4 Å². The highest BCUT2D eigenvalue weighted by Gasteiger charge is 2.06. The smallest absolute Gasteiger partial charge is 0.161 e. The van der Waals surface area contributed by atoms with Crippen molar-refractivity contribution in [3.63, 3.8) is 0 Å². The standard InChI is InChI=1S/C13H17NO/c1-10-5-7-12(8-6-10)13(11(2)15)9-14(3)4/h5-9H,1-4H3. The molecule has 0 radical (unpaired) electrons. The highest BCUT2D eigenvalue weighted by atomic mass is 16.1. The molecule has 15 heavy (non-hydrogen) atoms. The zero-order valence-electron chi connectivity index (χ0n) is 9.74. The molecule has 0 aliphatic rings. The molecule has 0 spiro atoms. The molecule has 0 heterocycles. The molecule has 0 saturated heterocycles. The topological polar surface area (TPSA) is 20.3 Å². The van der Waals surface area contributed by atoms with Crippen molar-refractivity contribution < 1.29 is 4.79 Å². The lowest BCUT2D eigenvalue weighted by Gasteiger charge is -2.10. The quantitative estimate of drug-likeness (QED) is 0.703. The number of ketones is 1. The first-order chi connectivity index (χ1) is 7.00. The van der Waals surface area contributed by atoms with Crippen LogP contribution in [0.4, 0.5) is 0 Å². The van der Waals surface area contributed by atoms with Crippen LogP contribution >= 0.6 is 0 Å². The molecule has 0 N–H and O–H groups in total. The van der Waals surface area contributed by atoms with E-state index in [0.29, 0.717) is 0 Å². The van der Waals surface area contributed by atoms with Crippen molar-refractivity contribution in [2.24, 2.45) is 0 Å². The number of Topliss-reactive ketones (excluding diaryl/α,β-unsaturated/α-hetero) is 1.